The van der Waals surface area contributed by atoms with Gasteiger partial charge in [0.2, 0.25) is 0 Å². The van der Waals surface area contributed by atoms with Gasteiger partial charge < -0.3 is 11.1 Å². The fourth-order valence-corrected chi connectivity index (χ4v) is 2.02. The first kappa shape index (κ1) is 12.6. The van der Waals surface area contributed by atoms with Gasteiger partial charge in [-0.3, -0.25) is 0 Å². The second kappa shape index (κ2) is 6.20. The molecule has 0 saturated heterocycles. The number of hydrogen-bond acceptors (Lipinski definition) is 4. The average Bonchev–Trinajstić information content (AvgIpc) is 2.77. The van der Waals surface area contributed by atoms with E-state index in [4.69, 9.17) is 5.73 Å². The molecule has 0 radical (unpaired) electrons. The van der Waals surface area contributed by atoms with E-state index in [0.29, 0.717) is 12.0 Å². The van der Waals surface area contributed by atoms with E-state index in [1.807, 2.05) is 11.6 Å². The lowest BCUT2D eigenvalue weighted by atomic mass is 10.00. The summed E-state index contributed by atoms with van der Waals surface area (Å²) in [6.07, 6.45) is 2.97. The number of aromatic nitrogens is 1. The van der Waals surface area contributed by atoms with Crippen molar-refractivity contribution in [2.24, 2.45) is 11.7 Å². The van der Waals surface area contributed by atoms with Crippen molar-refractivity contribution in [2.45, 2.75) is 39.3 Å². The van der Waals surface area contributed by atoms with Gasteiger partial charge >= 0.3 is 0 Å². The highest BCUT2D eigenvalue weighted by Gasteiger charge is 2.13. The van der Waals surface area contributed by atoms with Crippen molar-refractivity contribution in [1.82, 2.24) is 10.3 Å². The van der Waals surface area contributed by atoms with Crippen LogP contribution in [-0.2, 0) is 0 Å². The molecular weight excluding hydrogens is 206 g/mol. The fraction of sp³-hybridized carbons (Fsp3) is 0.727. The smallest absolute Gasteiger partial charge is 0.109 e. The Morgan fingerprint density at radius 2 is 2.27 bits per heavy atom. The SMILES string of the molecule is CCC(C)C(N)CNC(C)c1nccs1. The molecule has 86 valence electrons. The van der Waals surface area contributed by atoms with Crippen molar-refractivity contribution in [3.8, 4) is 0 Å². The summed E-state index contributed by atoms with van der Waals surface area (Å²) in [7, 11) is 0. The molecule has 1 rings (SSSR count). The van der Waals surface area contributed by atoms with Crippen LogP contribution in [0.3, 0.4) is 0 Å². The summed E-state index contributed by atoms with van der Waals surface area (Å²) in [6.45, 7) is 7.35. The van der Waals surface area contributed by atoms with E-state index in [1.54, 1.807) is 11.3 Å². The maximum atomic E-state index is 6.05. The summed E-state index contributed by atoms with van der Waals surface area (Å²) in [5.74, 6) is 0.570. The van der Waals surface area contributed by atoms with Crippen LogP contribution in [0.2, 0.25) is 0 Å². The number of thiazole rings is 1. The molecule has 4 heteroatoms. The molecule has 0 amide bonds. The molecular formula is C11H21N3S. The zero-order valence-electron chi connectivity index (χ0n) is 9.73. The number of hydrogen-bond donors (Lipinski definition) is 2. The van der Waals surface area contributed by atoms with Gasteiger partial charge in [0.25, 0.3) is 0 Å². The van der Waals surface area contributed by atoms with E-state index in [9.17, 15) is 0 Å². The number of rotatable bonds is 6. The lowest BCUT2D eigenvalue weighted by Crippen LogP contribution is -2.39. The Hall–Kier alpha value is -0.450. The predicted octanol–water partition coefficient (Wildman–Crippen LogP) is 2.17. The standard InChI is InChI=1S/C11H21N3S/c1-4-8(2)10(12)7-14-9(3)11-13-5-6-15-11/h5-6,8-10,14H,4,7,12H2,1-3H3. The molecule has 0 fully saturated rings. The zero-order valence-corrected chi connectivity index (χ0v) is 10.6. The molecule has 0 aromatic carbocycles. The van der Waals surface area contributed by atoms with Gasteiger partial charge in [0.1, 0.15) is 5.01 Å². The van der Waals surface area contributed by atoms with Gasteiger partial charge in [0.15, 0.2) is 0 Å². The van der Waals surface area contributed by atoms with Gasteiger partial charge in [-0.05, 0) is 12.8 Å². The Kier molecular flexibility index (Phi) is 5.22. The van der Waals surface area contributed by atoms with E-state index in [0.717, 1.165) is 18.0 Å². The monoisotopic (exact) mass is 227 g/mol. The molecule has 0 aliphatic heterocycles. The molecule has 0 saturated carbocycles. The van der Waals surface area contributed by atoms with Gasteiger partial charge in [0, 0.05) is 24.2 Å². The third-order valence-electron chi connectivity index (χ3n) is 2.86. The molecule has 3 N–H and O–H groups in total. The molecule has 0 bridgehead atoms. The van der Waals surface area contributed by atoms with Crippen LogP contribution in [0, 0.1) is 5.92 Å². The lowest BCUT2D eigenvalue weighted by molar-refractivity contribution is 0.402. The second-order valence-electron chi connectivity index (χ2n) is 4.05. The minimum Gasteiger partial charge on any atom is -0.326 e. The Morgan fingerprint density at radius 3 is 2.80 bits per heavy atom. The molecule has 3 nitrogen and oxygen atoms in total. The molecule has 0 aliphatic rings. The van der Waals surface area contributed by atoms with Crippen molar-refractivity contribution in [3.63, 3.8) is 0 Å². The largest absolute Gasteiger partial charge is 0.326 e. The minimum absolute atomic E-state index is 0.234. The second-order valence-corrected chi connectivity index (χ2v) is 4.98. The van der Waals surface area contributed by atoms with Gasteiger partial charge in [-0.1, -0.05) is 20.3 Å². The lowest BCUT2D eigenvalue weighted by Gasteiger charge is -2.20. The van der Waals surface area contributed by atoms with Crippen LogP contribution in [-0.4, -0.2) is 17.6 Å². The Bertz CT molecular complexity index is 261. The Labute approximate surface area is 96.1 Å². The predicted molar refractivity (Wildman–Crippen MR) is 66.0 cm³/mol. The maximum absolute atomic E-state index is 6.05. The van der Waals surface area contributed by atoms with E-state index in [-0.39, 0.29) is 6.04 Å². The average molecular weight is 227 g/mol. The van der Waals surface area contributed by atoms with Gasteiger partial charge in [-0.2, -0.15) is 0 Å². The topological polar surface area (TPSA) is 50.9 Å². The van der Waals surface area contributed by atoms with Crippen molar-refractivity contribution in [1.29, 1.82) is 0 Å². The first-order valence-electron chi connectivity index (χ1n) is 5.53. The molecule has 1 heterocycles. The summed E-state index contributed by atoms with van der Waals surface area (Å²) >= 11 is 1.68. The molecule has 1 aromatic rings. The molecule has 0 spiro atoms. The van der Waals surface area contributed by atoms with Crippen LogP contribution in [0.15, 0.2) is 11.6 Å². The van der Waals surface area contributed by atoms with Crippen LogP contribution >= 0.6 is 11.3 Å². The van der Waals surface area contributed by atoms with E-state index >= 15 is 0 Å². The van der Waals surface area contributed by atoms with Crippen molar-refractivity contribution in [2.75, 3.05) is 6.54 Å². The first-order valence-corrected chi connectivity index (χ1v) is 6.41. The van der Waals surface area contributed by atoms with Crippen LogP contribution in [0.4, 0.5) is 0 Å². The highest BCUT2D eigenvalue weighted by molar-refractivity contribution is 7.09. The normalized spacial score (nSPS) is 17.3. The van der Waals surface area contributed by atoms with Crippen molar-refractivity contribution >= 4 is 11.3 Å². The van der Waals surface area contributed by atoms with Crippen LogP contribution in [0.25, 0.3) is 0 Å². The van der Waals surface area contributed by atoms with Crippen molar-refractivity contribution in [3.05, 3.63) is 16.6 Å². The Morgan fingerprint density at radius 1 is 1.53 bits per heavy atom. The van der Waals surface area contributed by atoms with E-state index in [2.05, 4.69) is 31.1 Å². The van der Waals surface area contributed by atoms with Crippen LogP contribution in [0.5, 0.6) is 0 Å². The molecule has 1 aromatic heterocycles. The summed E-state index contributed by atoms with van der Waals surface area (Å²) < 4.78 is 0. The van der Waals surface area contributed by atoms with Crippen LogP contribution < -0.4 is 11.1 Å². The number of nitrogens with one attached hydrogen (secondary N) is 1. The summed E-state index contributed by atoms with van der Waals surface area (Å²) in [6, 6.07) is 0.539. The number of nitrogens with two attached hydrogens (primary N) is 1. The first-order chi connectivity index (χ1) is 7.15. The number of nitrogens with zero attached hydrogens (tertiary/aromatic N) is 1. The summed E-state index contributed by atoms with van der Waals surface area (Å²) in [4.78, 5) is 4.27. The van der Waals surface area contributed by atoms with Gasteiger partial charge in [-0.25, -0.2) is 4.98 Å². The summed E-state index contributed by atoms with van der Waals surface area (Å²) in [5.41, 5.74) is 6.05. The van der Waals surface area contributed by atoms with E-state index in [1.165, 1.54) is 0 Å². The Balaban J connectivity index is 2.31. The van der Waals surface area contributed by atoms with Crippen molar-refractivity contribution < 1.29 is 0 Å². The minimum atomic E-state index is 0.234. The zero-order chi connectivity index (χ0) is 11.3. The highest BCUT2D eigenvalue weighted by Crippen LogP contribution is 2.14. The molecule has 3 unspecified atom stereocenters. The third kappa shape index (κ3) is 3.89. The maximum Gasteiger partial charge on any atom is 0.109 e. The fourth-order valence-electron chi connectivity index (χ4n) is 1.35. The molecule has 15 heavy (non-hydrogen) atoms. The third-order valence-corrected chi connectivity index (χ3v) is 3.81. The molecule has 0 aliphatic carbocycles. The highest BCUT2D eigenvalue weighted by atomic mass is 32.1. The van der Waals surface area contributed by atoms with Gasteiger partial charge in [0.05, 0.1) is 6.04 Å². The van der Waals surface area contributed by atoms with E-state index < -0.39 is 0 Å². The van der Waals surface area contributed by atoms with Gasteiger partial charge in [-0.15, -0.1) is 11.3 Å². The molecule has 3 atom stereocenters. The van der Waals surface area contributed by atoms with Crippen LogP contribution in [0.1, 0.15) is 38.2 Å². The summed E-state index contributed by atoms with van der Waals surface area (Å²) in [5, 5.41) is 6.56. The quantitative estimate of drug-likeness (QED) is 0.783.